The van der Waals surface area contributed by atoms with Crippen LogP contribution in [0.5, 0.6) is 0 Å². The van der Waals surface area contributed by atoms with Crippen LogP contribution >= 0.6 is 0 Å². The average molecular weight is 292 g/mol. The Kier molecular flexibility index (Phi) is 4.82. The highest BCUT2D eigenvalue weighted by atomic mass is 16.4. The van der Waals surface area contributed by atoms with Crippen LogP contribution in [0, 0.1) is 11.8 Å². The van der Waals surface area contributed by atoms with Crippen LogP contribution in [-0.4, -0.2) is 32.2 Å². The van der Waals surface area contributed by atoms with Gasteiger partial charge in [0.25, 0.3) is 0 Å². The predicted molar refractivity (Wildman–Crippen MR) is 75.7 cm³/mol. The highest BCUT2D eigenvalue weighted by molar-refractivity contribution is 5.91. The van der Waals surface area contributed by atoms with E-state index in [0.29, 0.717) is 19.3 Å². The molecule has 0 spiro atoms. The van der Waals surface area contributed by atoms with Crippen molar-refractivity contribution in [2.75, 3.05) is 5.32 Å². The molecule has 114 valence electrons. The van der Waals surface area contributed by atoms with Crippen LogP contribution in [0.15, 0.2) is 0 Å². The number of carboxylic acids is 1. The van der Waals surface area contributed by atoms with Gasteiger partial charge in [-0.3, -0.25) is 14.9 Å². The van der Waals surface area contributed by atoms with Crippen LogP contribution in [0.3, 0.4) is 0 Å². The Morgan fingerprint density at radius 2 is 1.81 bits per heavy atom. The van der Waals surface area contributed by atoms with E-state index in [9.17, 15) is 9.59 Å². The summed E-state index contributed by atoms with van der Waals surface area (Å²) in [6.07, 6.45) is 2.99. The summed E-state index contributed by atoms with van der Waals surface area (Å²) in [4.78, 5) is 27.3. The second-order valence-corrected chi connectivity index (χ2v) is 5.27. The molecule has 7 heteroatoms. The number of carboxylic acid groups (broad SMARTS) is 1. The molecule has 0 unspecified atom stereocenters. The summed E-state index contributed by atoms with van der Waals surface area (Å²) in [5.74, 6) is -1.55. The van der Waals surface area contributed by atoms with Gasteiger partial charge in [0.15, 0.2) is 0 Å². The second kappa shape index (κ2) is 6.60. The van der Waals surface area contributed by atoms with Crippen molar-refractivity contribution in [1.82, 2.24) is 15.2 Å². The van der Waals surface area contributed by atoms with Crippen molar-refractivity contribution >= 4 is 17.8 Å². The van der Waals surface area contributed by atoms with Gasteiger partial charge >= 0.3 is 5.97 Å². The fraction of sp³-hybridized carbons (Fsp3) is 0.643. The molecule has 1 saturated carbocycles. The Hall–Kier alpha value is -2.05. The van der Waals surface area contributed by atoms with Gasteiger partial charge in [-0.25, -0.2) is 4.98 Å². The van der Waals surface area contributed by atoms with Gasteiger partial charge in [-0.2, -0.15) is 0 Å². The van der Waals surface area contributed by atoms with Crippen molar-refractivity contribution in [3.8, 4) is 0 Å². The van der Waals surface area contributed by atoms with E-state index >= 15 is 0 Å². The van der Waals surface area contributed by atoms with Gasteiger partial charge in [-0.15, -0.1) is 10.2 Å². The van der Waals surface area contributed by atoms with Gasteiger partial charge in [0, 0.05) is 5.92 Å². The fourth-order valence-corrected chi connectivity index (χ4v) is 2.65. The summed E-state index contributed by atoms with van der Waals surface area (Å²) < 4.78 is 0. The number of aromatic nitrogens is 3. The highest BCUT2D eigenvalue weighted by Gasteiger charge is 2.34. The van der Waals surface area contributed by atoms with Crippen molar-refractivity contribution in [1.29, 1.82) is 0 Å². The summed E-state index contributed by atoms with van der Waals surface area (Å²) in [6, 6.07) is 0. The molecule has 1 aliphatic rings. The van der Waals surface area contributed by atoms with Gasteiger partial charge in [0.2, 0.25) is 11.9 Å². The van der Waals surface area contributed by atoms with Gasteiger partial charge in [0.1, 0.15) is 0 Å². The van der Waals surface area contributed by atoms with Crippen LogP contribution in [0.1, 0.15) is 44.5 Å². The smallest absolute Gasteiger partial charge is 0.306 e. The number of anilines is 1. The first-order valence-electron chi connectivity index (χ1n) is 7.31. The van der Waals surface area contributed by atoms with E-state index in [-0.39, 0.29) is 17.8 Å². The first kappa shape index (κ1) is 15.3. The van der Waals surface area contributed by atoms with Crippen LogP contribution in [0.4, 0.5) is 5.95 Å². The minimum atomic E-state index is -0.830. The lowest BCUT2D eigenvalue weighted by molar-refractivity contribution is -0.141. The van der Waals surface area contributed by atoms with Crippen molar-refractivity contribution in [3.05, 3.63) is 11.4 Å². The molecule has 2 rings (SSSR count). The highest BCUT2D eigenvalue weighted by Crippen LogP contribution is 2.31. The predicted octanol–water partition coefficient (Wildman–Crippen LogP) is 1.44. The minimum Gasteiger partial charge on any atom is -0.481 e. The molecule has 1 amide bonds. The van der Waals surface area contributed by atoms with E-state index in [1.54, 1.807) is 0 Å². The van der Waals surface area contributed by atoms with E-state index in [0.717, 1.165) is 24.2 Å². The van der Waals surface area contributed by atoms with Crippen molar-refractivity contribution in [2.24, 2.45) is 11.8 Å². The Bertz CT molecular complexity index is 547. The summed E-state index contributed by atoms with van der Waals surface area (Å²) >= 11 is 0. The topological polar surface area (TPSA) is 105 Å². The molecule has 0 bridgehead atoms. The van der Waals surface area contributed by atoms with Crippen molar-refractivity contribution in [3.63, 3.8) is 0 Å². The molecule has 2 atom stereocenters. The SMILES string of the molecule is CCc1nnc(NC(=O)[C@@H]2CC[C@H](C(=O)O)C2)nc1CC. The Balaban J connectivity index is 2.02. The monoisotopic (exact) mass is 292 g/mol. The summed E-state index contributed by atoms with van der Waals surface area (Å²) in [7, 11) is 0. The molecule has 1 fully saturated rings. The normalized spacial score (nSPS) is 21.2. The van der Waals surface area contributed by atoms with Gasteiger partial charge < -0.3 is 5.11 Å². The number of carbonyl (C=O) groups is 2. The van der Waals surface area contributed by atoms with E-state index < -0.39 is 11.9 Å². The van der Waals surface area contributed by atoms with Gasteiger partial charge in [-0.05, 0) is 32.1 Å². The second-order valence-electron chi connectivity index (χ2n) is 5.27. The summed E-state index contributed by atoms with van der Waals surface area (Å²) in [6.45, 7) is 3.96. The lowest BCUT2D eigenvalue weighted by Crippen LogP contribution is -2.23. The number of hydrogen-bond donors (Lipinski definition) is 2. The van der Waals surface area contributed by atoms with Crippen LogP contribution in [-0.2, 0) is 22.4 Å². The molecule has 0 saturated heterocycles. The molecule has 2 N–H and O–H groups in total. The molecule has 0 aromatic carbocycles. The molecular weight excluding hydrogens is 272 g/mol. The number of carbonyl (C=O) groups excluding carboxylic acids is 1. The third kappa shape index (κ3) is 3.53. The van der Waals surface area contributed by atoms with E-state index in [2.05, 4.69) is 20.5 Å². The molecule has 1 aliphatic carbocycles. The zero-order chi connectivity index (χ0) is 15.4. The Morgan fingerprint density at radius 1 is 1.14 bits per heavy atom. The van der Waals surface area contributed by atoms with E-state index in [1.165, 1.54) is 0 Å². The standard InChI is InChI=1S/C14H20N4O3/c1-3-10-11(4-2)17-18-14(15-10)16-12(19)8-5-6-9(7-8)13(20)21/h8-9H,3-7H2,1-2H3,(H,20,21)(H,15,16,18,19)/t8-,9+/m1/s1. The number of aliphatic carboxylic acids is 1. The summed E-state index contributed by atoms with van der Waals surface area (Å²) in [5, 5.41) is 19.6. The number of rotatable bonds is 5. The Labute approximate surface area is 123 Å². The maximum Gasteiger partial charge on any atom is 0.306 e. The summed E-state index contributed by atoms with van der Waals surface area (Å²) in [5.41, 5.74) is 1.67. The molecule has 0 radical (unpaired) electrons. The lowest BCUT2D eigenvalue weighted by atomic mass is 10.0. The van der Waals surface area contributed by atoms with Crippen LogP contribution in [0.25, 0.3) is 0 Å². The average Bonchev–Trinajstić information content (AvgIpc) is 2.97. The van der Waals surface area contributed by atoms with Crippen LogP contribution in [0.2, 0.25) is 0 Å². The molecule has 1 aromatic rings. The third-order valence-electron chi connectivity index (χ3n) is 3.90. The quantitative estimate of drug-likeness (QED) is 0.850. The zero-order valence-electron chi connectivity index (χ0n) is 12.3. The molecule has 21 heavy (non-hydrogen) atoms. The van der Waals surface area contributed by atoms with Gasteiger partial charge in [0.05, 0.1) is 17.3 Å². The van der Waals surface area contributed by atoms with Crippen LogP contribution < -0.4 is 5.32 Å². The van der Waals surface area contributed by atoms with E-state index in [4.69, 9.17) is 5.11 Å². The first-order chi connectivity index (χ1) is 10.0. The number of hydrogen-bond acceptors (Lipinski definition) is 5. The van der Waals surface area contributed by atoms with Gasteiger partial charge in [-0.1, -0.05) is 13.8 Å². The zero-order valence-corrected chi connectivity index (χ0v) is 12.3. The minimum absolute atomic E-state index is 0.202. The fourth-order valence-electron chi connectivity index (χ4n) is 2.65. The maximum absolute atomic E-state index is 12.1. The number of amides is 1. The number of nitrogens with zero attached hydrogens (tertiary/aromatic N) is 3. The van der Waals surface area contributed by atoms with Crippen molar-refractivity contribution in [2.45, 2.75) is 46.0 Å². The maximum atomic E-state index is 12.1. The Morgan fingerprint density at radius 3 is 2.38 bits per heavy atom. The lowest BCUT2D eigenvalue weighted by Gasteiger charge is -2.10. The third-order valence-corrected chi connectivity index (χ3v) is 3.90. The first-order valence-corrected chi connectivity index (χ1v) is 7.31. The molecule has 0 aliphatic heterocycles. The van der Waals surface area contributed by atoms with E-state index in [1.807, 2.05) is 13.8 Å². The molecule has 7 nitrogen and oxygen atoms in total. The number of nitrogens with one attached hydrogen (secondary N) is 1. The molecular formula is C14H20N4O3. The number of aryl methyl sites for hydroxylation is 2. The largest absolute Gasteiger partial charge is 0.481 e. The molecule has 1 aromatic heterocycles. The molecule has 1 heterocycles. The van der Waals surface area contributed by atoms with Crippen molar-refractivity contribution < 1.29 is 14.7 Å².